The molecular weight excluding hydrogens is 388 g/mol. The quantitative estimate of drug-likeness (QED) is 0.649. The Labute approximate surface area is 172 Å². The van der Waals surface area contributed by atoms with E-state index in [1.54, 1.807) is 37.4 Å². The number of nitrogens with one attached hydrogen (secondary N) is 1. The third-order valence-electron chi connectivity index (χ3n) is 4.77. The number of aromatic amines is 1. The molecule has 0 saturated carbocycles. The molecule has 0 unspecified atom stereocenters. The molecule has 4 rings (SSSR count). The van der Waals surface area contributed by atoms with Crippen LogP contribution in [0.1, 0.15) is 10.4 Å². The van der Waals surface area contributed by atoms with E-state index in [0.717, 1.165) is 0 Å². The van der Waals surface area contributed by atoms with Crippen molar-refractivity contribution in [3.63, 3.8) is 0 Å². The zero-order valence-corrected chi connectivity index (χ0v) is 16.3. The minimum absolute atomic E-state index is 0.116. The van der Waals surface area contributed by atoms with E-state index in [0.29, 0.717) is 29.0 Å². The third kappa shape index (κ3) is 4.12. The highest BCUT2D eigenvalue weighted by molar-refractivity contribution is 6.03. The predicted octanol–water partition coefficient (Wildman–Crippen LogP) is 1.98. The Bertz CT molecular complexity index is 1160. The fourth-order valence-electron chi connectivity index (χ4n) is 3.25. The number of aromatic nitrogens is 1. The monoisotopic (exact) mass is 408 g/mol. The van der Waals surface area contributed by atoms with E-state index in [1.165, 1.54) is 11.0 Å². The van der Waals surface area contributed by atoms with Crippen LogP contribution in [0.4, 0.5) is 0 Å². The average molecular weight is 408 g/mol. The van der Waals surface area contributed by atoms with Crippen molar-refractivity contribution in [2.24, 2.45) is 0 Å². The molecule has 3 aromatic rings. The summed E-state index contributed by atoms with van der Waals surface area (Å²) in [5.74, 6) is 0.175. The highest BCUT2D eigenvalue weighted by Crippen LogP contribution is 2.30. The summed E-state index contributed by atoms with van der Waals surface area (Å²) >= 11 is 0. The molecule has 1 N–H and O–H groups in total. The predicted molar refractivity (Wildman–Crippen MR) is 109 cm³/mol. The van der Waals surface area contributed by atoms with Crippen LogP contribution in [0, 0.1) is 0 Å². The number of hydrogen-bond acceptors (Lipinski definition) is 6. The minimum atomic E-state index is -0.731. The van der Waals surface area contributed by atoms with Gasteiger partial charge in [-0.3, -0.25) is 9.59 Å². The molecule has 30 heavy (non-hydrogen) atoms. The lowest BCUT2D eigenvalue weighted by Crippen LogP contribution is -2.43. The lowest BCUT2D eigenvalue weighted by Gasteiger charge is -2.29. The van der Waals surface area contributed by atoms with Crippen LogP contribution >= 0.6 is 0 Å². The van der Waals surface area contributed by atoms with Crippen LogP contribution in [-0.2, 0) is 9.53 Å². The number of pyridine rings is 1. The maximum atomic E-state index is 12.5. The number of carbonyl (C=O) groups is 2. The Morgan fingerprint density at radius 1 is 1.13 bits per heavy atom. The summed E-state index contributed by atoms with van der Waals surface area (Å²) in [6.07, 6.45) is -0.332. The number of H-pyrrole nitrogens is 1. The highest BCUT2D eigenvalue weighted by Gasteiger charge is 2.24. The highest BCUT2D eigenvalue weighted by atomic mass is 16.6. The second-order valence-corrected chi connectivity index (χ2v) is 6.94. The maximum absolute atomic E-state index is 12.5. The number of para-hydroxylation sites is 3. The molecular formula is C22H20N2O6. The van der Waals surface area contributed by atoms with Crippen molar-refractivity contribution < 1.29 is 23.8 Å². The van der Waals surface area contributed by atoms with E-state index < -0.39 is 18.1 Å². The van der Waals surface area contributed by atoms with Crippen molar-refractivity contribution in [1.29, 1.82) is 0 Å². The van der Waals surface area contributed by atoms with Crippen LogP contribution in [0.5, 0.6) is 11.5 Å². The first-order chi connectivity index (χ1) is 14.5. The lowest BCUT2D eigenvalue weighted by atomic mass is 10.1. The standard InChI is InChI=1S/C22H20N2O6/c1-24(11-14-12-28-18-8-4-5-9-19(18)30-14)21(26)13-29-22(27)16-10-20(25)23-17-7-3-2-6-15(16)17/h2-10,14H,11-13H2,1H3,(H,23,25)/t14-/m1/s1. The number of likely N-dealkylation sites (N-methyl/N-ethyl adjacent to an activating group) is 1. The number of benzene rings is 2. The van der Waals surface area contributed by atoms with E-state index in [9.17, 15) is 14.4 Å². The van der Waals surface area contributed by atoms with E-state index in [4.69, 9.17) is 14.2 Å². The van der Waals surface area contributed by atoms with Crippen molar-refractivity contribution in [2.75, 3.05) is 26.8 Å². The van der Waals surface area contributed by atoms with Crippen molar-refractivity contribution in [2.45, 2.75) is 6.10 Å². The van der Waals surface area contributed by atoms with Crippen LogP contribution in [0.3, 0.4) is 0 Å². The number of esters is 1. The van der Waals surface area contributed by atoms with E-state index >= 15 is 0 Å². The zero-order chi connectivity index (χ0) is 21.1. The molecule has 8 nitrogen and oxygen atoms in total. The van der Waals surface area contributed by atoms with Gasteiger partial charge in [0.25, 0.3) is 5.91 Å². The summed E-state index contributed by atoms with van der Waals surface area (Å²) in [4.78, 5) is 40.8. The van der Waals surface area contributed by atoms with Crippen LogP contribution in [-0.4, -0.2) is 54.7 Å². The van der Waals surface area contributed by atoms with E-state index in [2.05, 4.69) is 4.98 Å². The smallest absolute Gasteiger partial charge is 0.339 e. The van der Waals surface area contributed by atoms with Gasteiger partial charge in [-0.2, -0.15) is 0 Å². The topological polar surface area (TPSA) is 97.9 Å². The van der Waals surface area contributed by atoms with Crippen LogP contribution < -0.4 is 15.0 Å². The largest absolute Gasteiger partial charge is 0.486 e. The number of carbonyl (C=O) groups excluding carboxylic acids is 2. The second-order valence-electron chi connectivity index (χ2n) is 6.94. The SMILES string of the molecule is CN(C[C@@H]1COc2ccccc2O1)C(=O)COC(=O)c1cc(=O)[nH]c2ccccc12. The number of hydrogen-bond donors (Lipinski definition) is 1. The first-order valence-corrected chi connectivity index (χ1v) is 9.43. The average Bonchev–Trinajstić information content (AvgIpc) is 2.76. The molecule has 0 aliphatic carbocycles. The van der Waals surface area contributed by atoms with Crippen LogP contribution in [0.25, 0.3) is 10.9 Å². The molecule has 2 aromatic carbocycles. The zero-order valence-electron chi connectivity index (χ0n) is 16.3. The van der Waals surface area contributed by atoms with Crippen molar-refractivity contribution in [3.05, 3.63) is 70.5 Å². The molecule has 0 radical (unpaired) electrons. The Kier molecular flexibility index (Phi) is 5.38. The van der Waals surface area contributed by atoms with Gasteiger partial charge in [-0.25, -0.2) is 4.79 Å². The van der Waals surface area contributed by atoms with Crippen molar-refractivity contribution in [3.8, 4) is 11.5 Å². The van der Waals surface area contributed by atoms with Gasteiger partial charge in [0.1, 0.15) is 6.61 Å². The number of nitrogens with zero attached hydrogens (tertiary/aromatic N) is 1. The molecule has 1 aliphatic heterocycles. The normalized spacial score (nSPS) is 14.9. The number of fused-ring (bicyclic) bond motifs is 2. The molecule has 1 amide bonds. The molecule has 2 heterocycles. The van der Waals surface area contributed by atoms with Crippen LogP contribution in [0.15, 0.2) is 59.4 Å². The number of rotatable bonds is 5. The summed E-state index contributed by atoms with van der Waals surface area (Å²) < 4.78 is 16.7. The van der Waals surface area contributed by atoms with Gasteiger partial charge >= 0.3 is 5.97 Å². The number of ether oxygens (including phenoxy) is 3. The van der Waals surface area contributed by atoms with Gasteiger partial charge < -0.3 is 24.1 Å². The van der Waals surface area contributed by atoms with Gasteiger partial charge in [0.05, 0.1) is 12.1 Å². The lowest BCUT2D eigenvalue weighted by molar-refractivity contribution is -0.134. The van der Waals surface area contributed by atoms with Gasteiger partial charge in [-0.1, -0.05) is 30.3 Å². The van der Waals surface area contributed by atoms with Gasteiger partial charge in [0, 0.05) is 24.0 Å². The Morgan fingerprint density at radius 2 is 1.87 bits per heavy atom. The van der Waals surface area contributed by atoms with Crippen molar-refractivity contribution >= 4 is 22.8 Å². The first-order valence-electron chi connectivity index (χ1n) is 9.43. The molecule has 1 aliphatic rings. The number of amides is 1. The Balaban J connectivity index is 1.36. The summed E-state index contributed by atoms with van der Waals surface area (Å²) in [7, 11) is 1.60. The molecule has 0 fully saturated rings. The van der Waals surface area contributed by atoms with Crippen LogP contribution in [0.2, 0.25) is 0 Å². The van der Waals surface area contributed by atoms with Gasteiger partial charge in [0.15, 0.2) is 24.2 Å². The van der Waals surface area contributed by atoms with Gasteiger partial charge in [-0.05, 0) is 18.2 Å². The summed E-state index contributed by atoms with van der Waals surface area (Å²) in [6.45, 7) is 0.145. The second kappa shape index (κ2) is 8.28. The molecule has 0 spiro atoms. The molecule has 8 heteroatoms. The molecule has 0 saturated heterocycles. The fourth-order valence-corrected chi connectivity index (χ4v) is 3.25. The summed E-state index contributed by atoms with van der Waals surface area (Å²) in [5, 5.41) is 0.550. The molecule has 0 bridgehead atoms. The fraction of sp³-hybridized carbons (Fsp3) is 0.227. The third-order valence-corrected chi connectivity index (χ3v) is 4.77. The molecule has 1 aromatic heterocycles. The summed E-state index contributed by atoms with van der Waals surface area (Å²) in [5.41, 5.74) is 0.222. The Morgan fingerprint density at radius 3 is 2.70 bits per heavy atom. The molecule has 154 valence electrons. The van der Waals surface area contributed by atoms with E-state index in [-0.39, 0.29) is 24.1 Å². The minimum Gasteiger partial charge on any atom is -0.486 e. The van der Waals surface area contributed by atoms with Gasteiger partial charge in [-0.15, -0.1) is 0 Å². The summed E-state index contributed by atoms with van der Waals surface area (Å²) in [6, 6.07) is 15.4. The van der Waals surface area contributed by atoms with E-state index in [1.807, 2.05) is 18.2 Å². The maximum Gasteiger partial charge on any atom is 0.339 e. The van der Waals surface area contributed by atoms with Gasteiger partial charge in [0.2, 0.25) is 5.56 Å². The first kappa shape index (κ1) is 19.5. The molecule has 1 atom stereocenters. The Hall–Kier alpha value is -3.81. The van der Waals surface area contributed by atoms with Crippen molar-refractivity contribution in [1.82, 2.24) is 9.88 Å².